The third kappa shape index (κ3) is 4.42. The van der Waals surface area contributed by atoms with E-state index in [1.54, 1.807) is 7.11 Å². The monoisotopic (exact) mass is 411 g/mol. The highest BCUT2D eigenvalue weighted by Crippen LogP contribution is 2.39. The van der Waals surface area contributed by atoms with Gasteiger partial charge in [-0.15, -0.1) is 0 Å². The maximum Gasteiger partial charge on any atom is 0.163 e. The third-order valence-electron chi connectivity index (χ3n) is 6.91. The Bertz CT molecular complexity index is 868. The maximum atomic E-state index is 6.20. The largest absolute Gasteiger partial charge is 0.493 e. The van der Waals surface area contributed by atoms with Crippen molar-refractivity contribution >= 4 is 10.9 Å². The number of nitrogens with zero attached hydrogens (tertiary/aromatic N) is 3. The Morgan fingerprint density at radius 1 is 1.10 bits per heavy atom. The predicted octanol–water partition coefficient (Wildman–Crippen LogP) is 4.47. The molecule has 0 spiro atoms. The number of aryl methyl sites for hydroxylation is 1. The van der Waals surface area contributed by atoms with Gasteiger partial charge in [-0.05, 0) is 76.9 Å². The van der Waals surface area contributed by atoms with Crippen molar-refractivity contribution in [2.45, 2.75) is 52.5 Å². The fourth-order valence-electron chi connectivity index (χ4n) is 4.98. The van der Waals surface area contributed by atoms with Gasteiger partial charge < -0.3 is 19.3 Å². The molecule has 2 aliphatic rings. The molecule has 0 bridgehead atoms. The van der Waals surface area contributed by atoms with E-state index in [-0.39, 0.29) is 0 Å². The molecular formula is C25H37N3O2. The molecule has 5 heteroatoms. The molecule has 1 aromatic carbocycles. The SMILES string of the molecule is CCN1CC(COc2cc3nc(C)cc(C4CCN(C(C)C)CC4)c3cc2OC)C1. The molecule has 2 saturated heterocycles. The van der Waals surface area contributed by atoms with Crippen LogP contribution >= 0.6 is 0 Å². The Morgan fingerprint density at radius 2 is 1.83 bits per heavy atom. The summed E-state index contributed by atoms with van der Waals surface area (Å²) in [4.78, 5) is 9.86. The van der Waals surface area contributed by atoms with E-state index in [2.05, 4.69) is 55.7 Å². The van der Waals surface area contributed by atoms with Crippen molar-refractivity contribution in [1.82, 2.24) is 14.8 Å². The van der Waals surface area contributed by atoms with Gasteiger partial charge in [0.1, 0.15) is 0 Å². The number of hydrogen-bond donors (Lipinski definition) is 0. The minimum atomic E-state index is 0.579. The minimum absolute atomic E-state index is 0.579. The van der Waals surface area contributed by atoms with Gasteiger partial charge in [-0.25, -0.2) is 0 Å². The molecule has 0 amide bonds. The zero-order valence-electron chi connectivity index (χ0n) is 19.3. The summed E-state index contributed by atoms with van der Waals surface area (Å²) >= 11 is 0. The lowest BCUT2D eigenvalue weighted by Gasteiger charge is -2.38. The average molecular weight is 412 g/mol. The van der Waals surface area contributed by atoms with Crippen LogP contribution < -0.4 is 9.47 Å². The van der Waals surface area contributed by atoms with Crippen LogP contribution in [-0.4, -0.2) is 67.3 Å². The van der Waals surface area contributed by atoms with Gasteiger partial charge in [0.2, 0.25) is 0 Å². The number of piperidine rings is 1. The molecule has 1 aromatic heterocycles. The number of likely N-dealkylation sites (tertiary alicyclic amines) is 2. The molecule has 5 nitrogen and oxygen atoms in total. The number of hydrogen-bond acceptors (Lipinski definition) is 5. The van der Waals surface area contributed by atoms with Crippen LogP contribution in [0.15, 0.2) is 18.2 Å². The molecule has 0 radical (unpaired) electrons. The summed E-state index contributed by atoms with van der Waals surface area (Å²) in [6.45, 7) is 15.4. The molecule has 0 aliphatic carbocycles. The summed E-state index contributed by atoms with van der Waals surface area (Å²) in [5.41, 5.74) is 3.52. The van der Waals surface area contributed by atoms with E-state index in [1.807, 2.05) is 0 Å². The van der Waals surface area contributed by atoms with Crippen LogP contribution in [0.5, 0.6) is 11.5 Å². The third-order valence-corrected chi connectivity index (χ3v) is 6.91. The summed E-state index contributed by atoms with van der Waals surface area (Å²) in [5, 5.41) is 1.22. The van der Waals surface area contributed by atoms with Crippen molar-refractivity contribution in [3.63, 3.8) is 0 Å². The van der Waals surface area contributed by atoms with Crippen molar-refractivity contribution in [3.05, 3.63) is 29.5 Å². The average Bonchev–Trinajstić information content (AvgIpc) is 2.71. The van der Waals surface area contributed by atoms with E-state index in [1.165, 1.54) is 36.9 Å². The van der Waals surface area contributed by atoms with E-state index < -0.39 is 0 Å². The summed E-state index contributed by atoms with van der Waals surface area (Å²) in [7, 11) is 1.73. The van der Waals surface area contributed by atoms with E-state index in [4.69, 9.17) is 14.5 Å². The first kappa shape index (κ1) is 21.4. The molecule has 164 valence electrons. The van der Waals surface area contributed by atoms with Gasteiger partial charge >= 0.3 is 0 Å². The van der Waals surface area contributed by atoms with E-state index >= 15 is 0 Å². The van der Waals surface area contributed by atoms with Crippen LogP contribution in [0.4, 0.5) is 0 Å². The quantitative estimate of drug-likeness (QED) is 0.672. The van der Waals surface area contributed by atoms with Crippen LogP contribution in [0.3, 0.4) is 0 Å². The highest BCUT2D eigenvalue weighted by molar-refractivity contribution is 5.86. The van der Waals surface area contributed by atoms with E-state index in [0.29, 0.717) is 17.9 Å². The zero-order valence-corrected chi connectivity index (χ0v) is 19.3. The van der Waals surface area contributed by atoms with Gasteiger partial charge in [-0.3, -0.25) is 4.98 Å². The summed E-state index contributed by atoms with van der Waals surface area (Å²) in [5.74, 6) is 2.83. The Balaban J connectivity index is 1.57. The first-order valence-electron chi connectivity index (χ1n) is 11.6. The van der Waals surface area contributed by atoms with Gasteiger partial charge in [-0.1, -0.05) is 6.92 Å². The molecule has 0 unspecified atom stereocenters. The van der Waals surface area contributed by atoms with Gasteiger partial charge in [-0.2, -0.15) is 0 Å². The number of rotatable bonds is 7. The number of fused-ring (bicyclic) bond motifs is 1. The molecular weight excluding hydrogens is 374 g/mol. The van der Waals surface area contributed by atoms with Crippen molar-refractivity contribution in [2.75, 3.05) is 46.4 Å². The van der Waals surface area contributed by atoms with Crippen molar-refractivity contribution < 1.29 is 9.47 Å². The topological polar surface area (TPSA) is 37.8 Å². The van der Waals surface area contributed by atoms with Crippen LogP contribution in [0, 0.1) is 12.8 Å². The summed E-state index contributed by atoms with van der Waals surface area (Å²) in [6, 6.07) is 7.15. The Kier molecular flexibility index (Phi) is 6.49. The van der Waals surface area contributed by atoms with Gasteiger partial charge in [0.25, 0.3) is 0 Å². The fourth-order valence-corrected chi connectivity index (χ4v) is 4.98. The summed E-state index contributed by atoms with van der Waals surface area (Å²) in [6.07, 6.45) is 2.40. The van der Waals surface area contributed by atoms with Crippen LogP contribution in [0.25, 0.3) is 10.9 Å². The molecule has 4 rings (SSSR count). The second kappa shape index (κ2) is 9.11. The molecule has 0 atom stereocenters. The number of aromatic nitrogens is 1. The van der Waals surface area contributed by atoms with Crippen molar-refractivity contribution in [2.24, 2.45) is 5.92 Å². The van der Waals surface area contributed by atoms with Gasteiger partial charge in [0.05, 0.1) is 19.2 Å². The smallest absolute Gasteiger partial charge is 0.163 e. The Labute approximate surface area is 181 Å². The highest BCUT2D eigenvalue weighted by atomic mass is 16.5. The second-order valence-corrected chi connectivity index (χ2v) is 9.31. The predicted molar refractivity (Wildman–Crippen MR) is 123 cm³/mol. The number of ether oxygens (including phenoxy) is 2. The zero-order chi connectivity index (χ0) is 21.3. The molecule has 30 heavy (non-hydrogen) atoms. The van der Waals surface area contributed by atoms with Crippen LogP contribution in [0.1, 0.15) is 50.8 Å². The molecule has 2 fully saturated rings. The van der Waals surface area contributed by atoms with Crippen molar-refractivity contribution in [3.8, 4) is 11.5 Å². The maximum absolute atomic E-state index is 6.20. The van der Waals surface area contributed by atoms with E-state index in [9.17, 15) is 0 Å². The van der Waals surface area contributed by atoms with E-state index in [0.717, 1.165) is 49.0 Å². The Morgan fingerprint density at radius 3 is 2.47 bits per heavy atom. The number of methoxy groups -OCH3 is 1. The van der Waals surface area contributed by atoms with Crippen molar-refractivity contribution in [1.29, 1.82) is 0 Å². The lowest BCUT2D eigenvalue weighted by molar-refractivity contribution is 0.0662. The molecule has 0 saturated carbocycles. The summed E-state index contributed by atoms with van der Waals surface area (Å²) < 4.78 is 11.9. The standard InChI is InChI=1S/C25H37N3O2/c1-6-27-14-19(15-27)16-30-25-13-23-22(12-24(25)29-5)21(11-18(4)26-23)20-7-9-28(10-8-20)17(2)3/h11-13,17,19-20H,6-10,14-16H2,1-5H3. The minimum Gasteiger partial charge on any atom is -0.493 e. The first-order chi connectivity index (χ1) is 14.5. The molecule has 0 N–H and O–H groups in total. The highest BCUT2D eigenvalue weighted by Gasteiger charge is 2.27. The van der Waals surface area contributed by atoms with Crippen LogP contribution in [-0.2, 0) is 0 Å². The normalized spacial score (nSPS) is 19.4. The molecule has 2 aromatic rings. The fraction of sp³-hybridized carbons (Fsp3) is 0.640. The number of benzene rings is 1. The van der Waals surface area contributed by atoms with Gasteiger partial charge in [0, 0.05) is 42.2 Å². The molecule has 3 heterocycles. The lowest BCUT2D eigenvalue weighted by Crippen LogP contribution is -2.48. The number of pyridine rings is 1. The second-order valence-electron chi connectivity index (χ2n) is 9.31. The lowest BCUT2D eigenvalue weighted by atomic mass is 9.86. The van der Waals surface area contributed by atoms with Gasteiger partial charge in [0.15, 0.2) is 11.5 Å². The van der Waals surface area contributed by atoms with Crippen LogP contribution in [0.2, 0.25) is 0 Å². The Hall–Kier alpha value is -1.85. The first-order valence-corrected chi connectivity index (χ1v) is 11.6. The molecule has 2 aliphatic heterocycles.